The number of amides is 3. The van der Waals surface area contributed by atoms with Gasteiger partial charge < -0.3 is 29.7 Å². The first kappa shape index (κ1) is 35.3. The lowest BCUT2D eigenvalue weighted by atomic mass is 9.74. The van der Waals surface area contributed by atoms with E-state index in [1.807, 2.05) is 63.3 Å². The van der Waals surface area contributed by atoms with Gasteiger partial charge in [-0.15, -0.1) is 0 Å². The first-order valence-corrected chi connectivity index (χ1v) is 17.8. The molecule has 3 amide bonds. The van der Waals surface area contributed by atoms with Gasteiger partial charge in [-0.2, -0.15) is 0 Å². The third kappa shape index (κ3) is 6.43. The molecule has 2 saturated heterocycles. The van der Waals surface area contributed by atoms with Crippen molar-refractivity contribution >= 4 is 39.6 Å². The van der Waals surface area contributed by atoms with Crippen molar-refractivity contribution in [1.29, 1.82) is 0 Å². The molecule has 1 spiro atoms. The number of cyclic esters (lactones) is 1. The maximum Gasteiger partial charge on any atom is 0.313 e. The second-order valence-corrected chi connectivity index (χ2v) is 14.4. The van der Waals surface area contributed by atoms with E-state index in [4.69, 9.17) is 9.47 Å². The minimum absolute atomic E-state index is 0.129. The quantitative estimate of drug-likeness (QED) is 0.302. The van der Waals surface area contributed by atoms with Crippen molar-refractivity contribution in [3.63, 3.8) is 0 Å². The zero-order chi connectivity index (χ0) is 34.0. The van der Waals surface area contributed by atoms with Crippen LogP contribution in [0, 0.1) is 17.8 Å². The number of carbonyl (C=O) groups is 4. The summed E-state index contributed by atoms with van der Waals surface area (Å²) in [6.07, 6.45) is 6.87. The highest BCUT2D eigenvalue weighted by molar-refractivity contribution is 9.11. The number of hydrogen-bond acceptors (Lipinski definition) is 7. The number of esters is 1. The summed E-state index contributed by atoms with van der Waals surface area (Å²) in [6, 6.07) is 6.71. The molecule has 0 radical (unpaired) electrons. The van der Waals surface area contributed by atoms with Gasteiger partial charge in [-0.05, 0) is 44.2 Å². The van der Waals surface area contributed by atoms with Gasteiger partial charge in [0.05, 0.1) is 24.6 Å². The van der Waals surface area contributed by atoms with Gasteiger partial charge in [-0.1, -0.05) is 92.0 Å². The lowest BCUT2D eigenvalue weighted by Crippen LogP contribution is -2.60. The van der Waals surface area contributed by atoms with Gasteiger partial charge in [0.2, 0.25) is 17.7 Å². The van der Waals surface area contributed by atoms with Crippen LogP contribution in [0.2, 0.25) is 0 Å². The summed E-state index contributed by atoms with van der Waals surface area (Å²) in [5, 5.41) is 13.7. The van der Waals surface area contributed by atoms with Crippen LogP contribution < -0.4 is 5.32 Å². The highest BCUT2D eigenvalue weighted by Gasteiger charge is 2.75. The number of fused-ring (bicyclic) bond motifs is 2. The molecule has 0 saturated carbocycles. The van der Waals surface area contributed by atoms with E-state index in [-0.39, 0.29) is 43.3 Å². The van der Waals surface area contributed by atoms with E-state index in [1.165, 1.54) is 4.90 Å². The molecular formula is C36H48BrN3O7. The minimum atomic E-state index is -1.44. The Labute approximate surface area is 286 Å². The Morgan fingerprint density at radius 2 is 1.79 bits per heavy atom. The van der Waals surface area contributed by atoms with E-state index in [9.17, 15) is 24.3 Å². The monoisotopic (exact) mass is 713 g/mol. The molecule has 1 aromatic carbocycles. The number of likely N-dealkylation sites (tertiary alicyclic amines) is 1. The Balaban J connectivity index is 1.66. The van der Waals surface area contributed by atoms with Crippen LogP contribution in [0.1, 0.15) is 78.4 Å². The van der Waals surface area contributed by atoms with Gasteiger partial charge in [0.15, 0.2) is 0 Å². The fourth-order valence-corrected chi connectivity index (χ4v) is 8.56. The summed E-state index contributed by atoms with van der Waals surface area (Å²) in [4.78, 5) is 60.4. The largest absolute Gasteiger partial charge is 0.455 e. The Kier molecular flexibility index (Phi) is 11.0. The minimum Gasteiger partial charge on any atom is -0.455 e. The predicted octanol–water partition coefficient (Wildman–Crippen LogP) is 4.42. The van der Waals surface area contributed by atoms with Crippen molar-refractivity contribution in [2.75, 3.05) is 13.2 Å². The molecule has 4 aliphatic rings. The molecule has 4 heterocycles. The number of nitrogens with one attached hydrogen (secondary N) is 1. The van der Waals surface area contributed by atoms with Crippen LogP contribution in [0.3, 0.4) is 0 Å². The zero-order valence-electron chi connectivity index (χ0n) is 27.9. The number of allylic oxidation sites excluding steroid dienone is 1. The maximum absolute atomic E-state index is 15.0. The highest BCUT2D eigenvalue weighted by atomic mass is 79.9. The second-order valence-electron chi connectivity index (χ2n) is 13.5. The molecule has 11 heteroatoms. The summed E-state index contributed by atoms with van der Waals surface area (Å²) < 4.78 is 13.5. The zero-order valence-corrected chi connectivity index (χ0v) is 29.5. The van der Waals surface area contributed by atoms with Crippen molar-refractivity contribution in [1.82, 2.24) is 15.1 Å². The number of benzene rings is 1. The fraction of sp³-hybridized carbons (Fsp3) is 0.611. The number of aliphatic hydroxyl groups is 1. The smallest absolute Gasteiger partial charge is 0.313 e. The first-order chi connectivity index (χ1) is 22.5. The number of rotatable bonds is 8. The van der Waals surface area contributed by atoms with Crippen molar-refractivity contribution in [3.05, 3.63) is 58.6 Å². The van der Waals surface area contributed by atoms with Gasteiger partial charge in [0.1, 0.15) is 29.8 Å². The van der Waals surface area contributed by atoms with E-state index in [1.54, 1.807) is 17.9 Å². The van der Waals surface area contributed by atoms with Gasteiger partial charge in [0.25, 0.3) is 0 Å². The number of carbonyl (C=O) groups excluding carboxylic acids is 4. The lowest BCUT2D eigenvalue weighted by Gasteiger charge is -2.41. The van der Waals surface area contributed by atoms with Crippen LogP contribution in [0.5, 0.6) is 0 Å². The first-order valence-electron chi connectivity index (χ1n) is 17.0. The molecule has 1 aromatic rings. The van der Waals surface area contributed by atoms with Crippen LogP contribution in [0.15, 0.2) is 53.0 Å². The predicted molar refractivity (Wildman–Crippen MR) is 180 cm³/mol. The van der Waals surface area contributed by atoms with Crippen molar-refractivity contribution < 1.29 is 33.8 Å². The molecular weight excluding hydrogens is 666 g/mol. The number of hydrogen-bond donors (Lipinski definition) is 2. The molecule has 10 nitrogen and oxygen atoms in total. The summed E-state index contributed by atoms with van der Waals surface area (Å²) in [5.74, 6) is -3.74. The van der Waals surface area contributed by atoms with E-state index in [2.05, 4.69) is 28.2 Å². The molecule has 1 unspecified atom stereocenters. The van der Waals surface area contributed by atoms with E-state index in [0.717, 1.165) is 12.8 Å². The maximum atomic E-state index is 15.0. The Bertz CT molecular complexity index is 1400. The van der Waals surface area contributed by atoms with Gasteiger partial charge in [0, 0.05) is 23.5 Å². The topological polar surface area (TPSA) is 125 Å². The fourth-order valence-electron chi connectivity index (χ4n) is 7.82. The lowest BCUT2D eigenvalue weighted by molar-refractivity contribution is -0.162. The van der Waals surface area contributed by atoms with Crippen LogP contribution in [0.25, 0.3) is 0 Å². The van der Waals surface area contributed by atoms with Gasteiger partial charge in [-0.25, -0.2) is 0 Å². The van der Waals surface area contributed by atoms with Crippen molar-refractivity contribution in [3.8, 4) is 0 Å². The Morgan fingerprint density at radius 1 is 1.06 bits per heavy atom. The summed E-state index contributed by atoms with van der Waals surface area (Å²) >= 11 is 3.62. The molecule has 256 valence electrons. The van der Waals surface area contributed by atoms with Gasteiger partial charge >= 0.3 is 5.97 Å². The molecule has 10 atom stereocenters. The standard InChI is InChI=1S/C36H48BrN3O7/c1-6-14-22(4)39-18-13-9-12-17-27(42)38-23(5)30(24-15-10-8-11-16-24)46-35(45)28-29-33(43)40(26(20-41)21(3)7-2)32(34(39)44)36(29)19-25(37)31(28)47-36/h8-11,13,15-16,19,21-23,26,28-32,41H,6-7,12,14,17-18,20H2,1-5H3,(H,38,42)/b13-9-/t21-,22?,23-,26-,28+,29-,30+,31+,32+,36-/m0/s1. The number of aliphatic hydroxyl groups excluding tert-OH is 1. The molecule has 5 bridgehead atoms. The molecule has 2 fully saturated rings. The SMILES string of the molecule is CCCC(C)N1C/C=C\CCC(=O)N[C@@H](C)[C@H](c2ccccc2)OC(=O)[C@H]2[C@@H]3O[C@@]4(C=C3Br)[C@@H]2C(=O)N([C@@H](CO)[C@@H](C)CC)[C@@H]4C1=O. The van der Waals surface area contributed by atoms with Crippen LogP contribution in [0.4, 0.5) is 0 Å². The molecule has 0 aromatic heterocycles. The van der Waals surface area contributed by atoms with Crippen molar-refractivity contribution in [2.45, 2.75) is 109 Å². The molecule has 47 heavy (non-hydrogen) atoms. The van der Waals surface area contributed by atoms with Gasteiger partial charge in [-0.3, -0.25) is 19.2 Å². The van der Waals surface area contributed by atoms with E-state index >= 15 is 0 Å². The normalized spacial score (nSPS) is 34.0. The average Bonchev–Trinajstić information content (AvgIpc) is 3.64. The number of nitrogens with zero attached hydrogens (tertiary/aromatic N) is 2. The summed E-state index contributed by atoms with van der Waals surface area (Å²) in [5.41, 5.74) is -0.739. The Hall–Kier alpha value is -3.02. The highest BCUT2D eigenvalue weighted by Crippen LogP contribution is 2.59. The molecule has 5 rings (SSSR count). The van der Waals surface area contributed by atoms with E-state index < -0.39 is 59.6 Å². The molecule has 4 aliphatic heterocycles. The second kappa shape index (κ2) is 14.6. The number of ether oxygens (including phenoxy) is 2. The number of halogens is 1. The third-order valence-corrected chi connectivity index (χ3v) is 11.1. The molecule has 0 aliphatic carbocycles. The van der Waals surface area contributed by atoms with E-state index in [0.29, 0.717) is 22.9 Å². The summed E-state index contributed by atoms with van der Waals surface area (Å²) in [6.45, 7) is 9.72. The average molecular weight is 715 g/mol. The van der Waals surface area contributed by atoms with Crippen LogP contribution in [-0.2, 0) is 28.7 Å². The van der Waals surface area contributed by atoms with Crippen LogP contribution in [-0.4, -0.2) is 87.6 Å². The third-order valence-electron chi connectivity index (χ3n) is 10.5. The van der Waals surface area contributed by atoms with Crippen molar-refractivity contribution in [2.24, 2.45) is 17.8 Å². The molecule has 2 N–H and O–H groups in total. The Morgan fingerprint density at radius 3 is 2.45 bits per heavy atom. The summed E-state index contributed by atoms with van der Waals surface area (Å²) in [7, 11) is 0. The van der Waals surface area contributed by atoms with Crippen LogP contribution >= 0.6 is 15.9 Å².